The zero-order valence-electron chi connectivity index (χ0n) is 37.1. The number of halogens is 1. The van der Waals surface area contributed by atoms with Gasteiger partial charge in [0.15, 0.2) is 0 Å². The van der Waals surface area contributed by atoms with Gasteiger partial charge in [-0.2, -0.15) is 0 Å². The van der Waals surface area contributed by atoms with Crippen molar-refractivity contribution in [3.8, 4) is 0 Å². The maximum absolute atomic E-state index is 12.5. The normalized spacial score (nSPS) is 16.0. The first kappa shape index (κ1) is 57.0. The molecule has 60 heavy (non-hydrogen) atoms. The Morgan fingerprint density at radius 2 is 1.15 bits per heavy atom. The Labute approximate surface area is 388 Å². The molecule has 2 saturated heterocycles. The van der Waals surface area contributed by atoms with Crippen LogP contribution in [0, 0.1) is 31.1 Å². The molecule has 0 aliphatic carbocycles. The molecule has 0 saturated carbocycles. The van der Waals surface area contributed by atoms with E-state index in [1.165, 1.54) is 38.8 Å². The molecule has 0 N–H and O–H groups in total. The van der Waals surface area contributed by atoms with Gasteiger partial charge in [0.1, 0.15) is 6.61 Å². The van der Waals surface area contributed by atoms with Gasteiger partial charge >= 0.3 is 6.09 Å². The van der Waals surface area contributed by atoms with E-state index in [9.17, 15) is 14.4 Å². The van der Waals surface area contributed by atoms with Gasteiger partial charge < -0.3 is 31.8 Å². The summed E-state index contributed by atoms with van der Waals surface area (Å²) in [7, 11) is 0. The second-order valence-corrected chi connectivity index (χ2v) is 17.0. The van der Waals surface area contributed by atoms with E-state index in [1.54, 1.807) is 4.90 Å². The Bertz CT molecular complexity index is 1550. The Balaban J connectivity index is 0.000000990. The van der Waals surface area contributed by atoms with E-state index in [2.05, 4.69) is 48.5 Å². The number of piperidine rings is 2. The number of benzene rings is 3. The number of anilines is 2. The minimum atomic E-state index is -0.276. The van der Waals surface area contributed by atoms with Crippen LogP contribution in [-0.4, -0.2) is 78.9 Å². The first-order valence-corrected chi connectivity index (χ1v) is 22.6. The van der Waals surface area contributed by atoms with Gasteiger partial charge in [-0.1, -0.05) is 132 Å². The number of nitrogens with zero attached hydrogens (tertiary/aromatic N) is 4. The molecule has 5 rings (SSSR count). The summed E-state index contributed by atoms with van der Waals surface area (Å²) in [5.74, 6) is 2.79. The van der Waals surface area contributed by atoms with Crippen molar-refractivity contribution in [1.82, 2.24) is 9.80 Å². The summed E-state index contributed by atoms with van der Waals surface area (Å²) in [4.78, 5) is 45.6. The summed E-state index contributed by atoms with van der Waals surface area (Å²) in [5, 5.41) is 1.14. The zero-order chi connectivity index (χ0) is 41.4. The van der Waals surface area contributed by atoms with Crippen LogP contribution in [0.25, 0.3) is 0 Å². The van der Waals surface area contributed by atoms with Crippen molar-refractivity contribution in [1.29, 1.82) is 0 Å². The molecule has 340 valence electrons. The minimum absolute atomic E-state index is 0. The van der Waals surface area contributed by atoms with Gasteiger partial charge in [-0.3, -0.25) is 9.59 Å². The number of hydrogen-bond donors (Lipinski definition) is 0. The van der Waals surface area contributed by atoms with E-state index >= 15 is 0 Å². The minimum Gasteiger partial charge on any atom is -0.445 e. The van der Waals surface area contributed by atoms with E-state index in [1.807, 2.05) is 115 Å². The number of carbonyl (C=O) groups excluding carboxylic acids is 3. The molecule has 2 heterocycles. The number of likely N-dealkylation sites (tertiary alicyclic amines) is 2. The number of rotatable bonds is 15. The fourth-order valence-corrected chi connectivity index (χ4v) is 8.09. The maximum atomic E-state index is 12.5. The molecule has 0 radical (unpaired) electrons. The number of alkyl halides is 1. The number of amides is 3. The van der Waals surface area contributed by atoms with Gasteiger partial charge in [-0.15, -0.1) is 0 Å². The third kappa shape index (κ3) is 21.7. The summed E-state index contributed by atoms with van der Waals surface area (Å²) in [5.41, 5.74) is 2.94. The second-order valence-electron chi connectivity index (χ2n) is 16.2. The van der Waals surface area contributed by atoms with Crippen LogP contribution in [0.4, 0.5) is 16.2 Å². The van der Waals surface area contributed by atoms with Crippen LogP contribution in [0.15, 0.2) is 91.0 Å². The van der Waals surface area contributed by atoms with E-state index < -0.39 is 0 Å². The third-order valence-corrected chi connectivity index (χ3v) is 11.0. The number of para-hydroxylation sites is 2. The Kier molecular flexibility index (Phi) is 31.0. The number of carbonyl (C=O) groups is 3. The summed E-state index contributed by atoms with van der Waals surface area (Å²) < 4.78 is 5.48. The maximum Gasteiger partial charge on any atom is 0.410 e. The molecule has 3 amide bonds. The first-order valence-electron chi connectivity index (χ1n) is 21.5. The van der Waals surface area contributed by atoms with Gasteiger partial charge in [0.05, 0.1) is 0 Å². The molecule has 0 bridgehead atoms. The van der Waals surface area contributed by atoms with Crippen LogP contribution in [0.2, 0.25) is 0 Å². The standard InChI is InChI=1S/C23H28N2O3.C20H32N2O.C5H11Br.CH4.CH3.Pd/c1-2-22(26)25(21-13-7-4-8-14-21)17-20-12-9-15-24(16-20)23(27)28-18-19-10-5-3-6-11-19;1-4-20(23)22(19-10-6-5-7-11-19)16-18-9-8-13-21(15-18)14-12-17(2)3;1-5(2)3-4-6;;;/h3-8,10-11,13-14,20H,2,9,12,15-18H2,1H3;5-7,10-11,17-18H,4,8-9,12-16H2,1-3H3;5H,3-4H2,1-2H3;1H4;1H3;/q;;;;-1;/t20-;18-;;;;/m11..../s1. The van der Waals surface area contributed by atoms with Gasteiger partial charge in [0, 0.05) is 82.7 Å². The molecule has 2 atom stereocenters. The van der Waals surface area contributed by atoms with E-state index in [0.29, 0.717) is 38.4 Å². The second kappa shape index (κ2) is 32.7. The molecule has 2 aliphatic heterocycles. The predicted octanol–water partition coefficient (Wildman–Crippen LogP) is 12.2. The Morgan fingerprint density at radius 1 is 0.700 bits per heavy atom. The summed E-state index contributed by atoms with van der Waals surface area (Å²) >= 11 is 3.35. The molecule has 2 aliphatic rings. The van der Waals surface area contributed by atoms with Crippen LogP contribution >= 0.6 is 15.9 Å². The quantitative estimate of drug-likeness (QED) is 0.0862. The van der Waals surface area contributed by atoms with Crippen LogP contribution in [-0.2, 0) is 41.4 Å². The average molecular weight is 986 g/mol. The molecule has 8 nitrogen and oxygen atoms in total. The van der Waals surface area contributed by atoms with Crippen LogP contribution < -0.4 is 9.80 Å². The van der Waals surface area contributed by atoms with Crippen LogP contribution in [0.3, 0.4) is 0 Å². The largest absolute Gasteiger partial charge is 0.445 e. The van der Waals surface area contributed by atoms with Crippen molar-refractivity contribution < 1.29 is 39.5 Å². The van der Waals surface area contributed by atoms with Gasteiger partial charge in [0.25, 0.3) is 0 Å². The van der Waals surface area contributed by atoms with Crippen molar-refractivity contribution in [2.24, 2.45) is 23.7 Å². The molecule has 3 aromatic rings. The van der Waals surface area contributed by atoms with Gasteiger partial charge in [-0.25, -0.2) is 4.79 Å². The number of ether oxygens (including phenoxy) is 1. The molecule has 0 unspecified atom stereocenters. The van der Waals surface area contributed by atoms with Crippen molar-refractivity contribution in [2.45, 2.75) is 107 Å². The molecule has 10 heteroatoms. The monoisotopic (exact) mass is 983 g/mol. The summed E-state index contributed by atoms with van der Waals surface area (Å²) in [6, 6.07) is 29.6. The smallest absolute Gasteiger partial charge is 0.410 e. The van der Waals surface area contributed by atoms with Crippen molar-refractivity contribution in [3.63, 3.8) is 0 Å². The molecule has 0 spiro atoms. The van der Waals surface area contributed by atoms with E-state index in [0.717, 1.165) is 60.0 Å². The molecular weight excluding hydrogens is 907 g/mol. The van der Waals surface area contributed by atoms with E-state index in [-0.39, 0.29) is 65.7 Å². The summed E-state index contributed by atoms with van der Waals surface area (Å²) in [6.07, 6.45) is 7.73. The van der Waals surface area contributed by atoms with Crippen molar-refractivity contribution >= 4 is 45.2 Å². The van der Waals surface area contributed by atoms with Crippen molar-refractivity contribution in [3.05, 3.63) is 104 Å². The van der Waals surface area contributed by atoms with Crippen LogP contribution in [0.1, 0.15) is 106 Å². The predicted molar refractivity (Wildman–Crippen MR) is 254 cm³/mol. The van der Waals surface area contributed by atoms with E-state index in [4.69, 9.17) is 4.74 Å². The first-order chi connectivity index (χ1) is 27.5. The fraction of sp³-hybridized carbons (Fsp3) is 0.560. The van der Waals surface area contributed by atoms with Gasteiger partial charge in [0.2, 0.25) is 11.8 Å². The topological polar surface area (TPSA) is 73.4 Å². The molecule has 2 fully saturated rings. The summed E-state index contributed by atoms with van der Waals surface area (Å²) in [6.45, 7) is 19.5. The Morgan fingerprint density at radius 3 is 1.58 bits per heavy atom. The zero-order valence-corrected chi connectivity index (χ0v) is 40.2. The number of hydrogen-bond acceptors (Lipinski definition) is 5. The van der Waals surface area contributed by atoms with Crippen LogP contribution in [0.5, 0.6) is 0 Å². The fourth-order valence-electron chi connectivity index (χ4n) is 7.17. The SMILES string of the molecule is C.CC(C)CCBr.CCC(=O)N(C[C@@H]1CCCN(C(=O)OCc2ccccc2)C1)c1ccccc1.CCC(=O)N(C[C@@H]1CCCN(CCC(C)C)C1)c1ccccc1.[CH3-].[Pd]. The third-order valence-electron chi connectivity index (χ3n) is 10.5. The van der Waals surface area contributed by atoms with Crippen molar-refractivity contribution in [2.75, 3.05) is 60.9 Å². The average Bonchev–Trinajstić information content (AvgIpc) is 3.24. The van der Waals surface area contributed by atoms with Gasteiger partial charge in [-0.05, 0) is 105 Å². The molecular formula is C50H78BrN4O4Pd-. The molecule has 0 aromatic heterocycles. The Hall–Kier alpha value is -3.03. The molecule has 3 aromatic carbocycles.